The van der Waals surface area contributed by atoms with Crippen LogP contribution in [0.15, 0.2) is 52.5 Å². The summed E-state index contributed by atoms with van der Waals surface area (Å²) in [6.45, 7) is 0.938. The Morgan fingerprint density at radius 2 is 1.63 bits per heavy atom. The number of amides is 2. The van der Waals surface area contributed by atoms with Crippen LogP contribution in [0, 0.1) is 0 Å². The Morgan fingerprint density at radius 1 is 1.00 bits per heavy atom. The van der Waals surface area contributed by atoms with Gasteiger partial charge in [-0.1, -0.05) is 30.1 Å². The molecule has 222 valence electrons. The summed E-state index contributed by atoms with van der Waals surface area (Å²) in [7, 11) is -5.85. The van der Waals surface area contributed by atoms with Crippen LogP contribution >= 0.6 is 23.2 Å². The number of carboxylic acid groups (broad SMARTS) is 1. The first kappa shape index (κ1) is 33.3. The molecule has 0 atom stereocenters. The Balaban J connectivity index is 0.000000377. The number of nitrogens with one attached hydrogen (secondary N) is 2. The molecule has 0 bridgehead atoms. The number of rotatable bonds is 10. The highest BCUT2D eigenvalue weighted by Gasteiger charge is 2.28. The first-order valence-corrected chi connectivity index (χ1v) is 14.9. The molecule has 2 aromatic heterocycles. The molecule has 2 heterocycles. The highest BCUT2D eigenvalue weighted by atomic mass is 35.5. The minimum atomic E-state index is -4.61. The number of carboxylic acids is 1. The number of hydrogen-bond acceptors (Lipinski definition) is 12. The van der Waals surface area contributed by atoms with Crippen molar-refractivity contribution in [2.75, 3.05) is 31.9 Å². The predicted octanol–water partition coefficient (Wildman–Crippen LogP) is 2.65. The van der Waals surface area contributed by atoms with Crippen molar-refractivity contribution in [3.63, 3.8) is 0 Å². The van der Waals surface area contributed by atoms with Gasteiger partial charge in [0.05, 0.1) is 31.1 Å². The van der Waals surface area contributed by atoms with Gasteiger partial charge in [-0.15, -0.1) is 0 Å². The number of anilines is 1. The number of methoxy groups -OCH3 is 2. The van der Waals surface area contributed by atoms with Crippen LogP contribution in [0.4, 0.5) is 10.7 Å². The normalized spacial score (nSPS) is 11.0. The number of benzene rings is 1. The van der Waals surface area contributed by atoms with Gasteiger partial charge in [-0.25, -0.2) is 27.7 Å². The van der Waals surface area contributed by atoms with Gasteiger partial charge in [-0.05, 0) is 30.3 Å². The van der Waals surface area contributed by atoms with Gasteiger partial charge in [-0.2, -0.15) is 18.4 Å². The zero-order valence-corrected chi connectivity index (χ0v) is 24.6. The molecule has 0 aliphatic rings. The first-order chi connectivity index (χ1) is 19.2. The average molecular weight is 652 g/mol. The van der Waals surface area contributed by atoms with Crippen molar-refractivity contribution in [3.8, 4) is 17.5 Å². The quantitative estimate of drug-likeness (QED) is 0.288. The highest BCUT2D eigenvalue weighted by molar-refractivity contribution is 7.93. The largest absolute Gasteiger partial charge is 0.481 e. The topological polar surface area (TPSA) is 213 Å². The number of hydrogen-bond donors (Lipinski definition) is 3. The fourth-order valence-electron chi connectivity index (χ4n) is 2.67. The maximum absolute atomic E-state index is 12.5. The van der Waals surface area contributed by atoms with Crippen LogP contribution in [0.1, 0.15) is 6.92 Å². The third kappa shape index (κ3) is 9.89. The van der Waals surface area contributed by atoms with Crippen molar-refractivity contribution in [1.29, 1.82) is 0 Å². The number of carbonyl (C=O) groups excluding carboxylic acids is 1. The number of aliphatic carboxylic acids is 1. The molecule has 3 rings (SSSR count). The van der Waals surface area contributed by atoms with Gasteiger partial charge in [-0.3, -0.25) is 5.32 Å². The molecule has 3 N–H and O–H groups in total. The summed E-state index contributed by atoms with van der Waals surface area (Å²) < 4.78 is 65.5. The summed E-state index contributed by atoms with van der Waals surface area (Å²) in [4.78, 5) is 33.0. The van der Waals surface area contributed by atoms with Gasteiger partial charge in [0.15, 0.2) is 21.5 Å². The number of pyridine rings is 1. The van der Waals surface area contributed by atoms with Crippen molar-refractivity contribution >= 4 is 61.0 Å². The molecule has 0 aliphatic carbocycles. The smallest absolute Gasteiger partial charge is 0.341 e. The lowest BCUT2D eigenvalue weighted by atomic mass is 10.3. The molecule has 41 heavy (non-hydrogen) atoms. The summed E-state index contributed by atoms with van der Waals surface area (Å²) in [6, 6.07) is 7.06. The molecular weight excluding hydrogens is 629 g/mol. The second-order valence-electron chi connectivity index (χ2n) is 7.30. The second-order valence-corrected chi connectivity index (χ2v) is 12.0. The van der Waals surface area contributed by atoms with E-state index in [4.69, 9.17) is 42.5 Å². The Morgan fingerprint density at radius 3 is 2.17 bits per heavy atom. The maximum Gasteiger partial charge on any atom is 0.341 e. The van der Waals surface area contributed by atoms with Gasteiger partial charge in [0.2, 0.25) is 17.7 Å². The number of sulfone groups is 1. The fourth-order valence-corrected chi connectivity index (χ4v) is 5.68. The van der Waals surface area contributed by atoms with Crippen molar-refractivity contribution in [3.05, 3.63) is 52.6 Å². The lowest BCUT2D eigenvalue weighted by Crippen LogP contribution is -2.36. The van der Waals surface area contributed by atoms with Gasteiger partial charge in [0.1, 0.15) is 10.6 Å². The van der Waals surface area contributed by atoms with E-state index in [1.807, 2.05) is 0 Å². The van der Waals surface area contributed by atoms with Crippen molar-refractivity contribution < 1.29 is 45.7 Å². The zero-order valence-electron chi connectivity index (χ0n) is 21.5. The summed E-state index contributed by atoms with van der Waals surface area (Å²) in [6.07, 6.45) is 1.09. The third-order valence-electron chi connectivity index (χ3n) is 4.50. The minimum Gasteiger partial charge on any atom is -0.481 e. The number of carbonyl (C=O) groups is 2. The molecule has 2 amide bonds. The SMILES string of the molecule is CCS(=O)(=O)c1cccnc1S(=O)(=O)NC(=O)Nc1nc(OC)cc(OC)n1.O=C(O)COc1ccc(Cl)cc1Cl. The number of halogens is 2. The van der Waals surface area contributed by atoms with Crippen LogP contribution in [0.5, 0.6) is 17.5 Å². The van der Waals surface area contributed by atoms with Crippen molar-refractivity contribution in [2.45, 2.75) is 16.8 Å². The molecule has 0 fully saturated rings. The lowest BCUT2D eigenvalue weighted by molar-refractivity contribution is -0.139. The van der Waals surface area contributed by atoms with Crippen LogP contribution < -0.4 is 24.2 Å². The molecule has 1 aromatic carbocycles. The molecule has 0 saturated heterocycles. The molecule has 0 radical (unpaired) electrons. The highest BCUT2D eigenvalue weighted by Crippen LogP contribution is 2.27. The number of ether oxygens (including phenoxy) is 3. The lowest BCUT2D eigenvalue weighted by Gasteiger charge is -2.11. The number of sulfonamides is 1. The van der Waals surface area contributed by atoms with Gasteiger partial charge in [0.25, 0.3) is 10.0 Å². The van der Waals surface area contributed by atoms with E-state index in [9.17, 15) is 26.4 Å². The summed E-state index contributed by atoms with van der Waals surface area (Å²) in [5, 5.41) is 10.4. The Bertz CT molecular complexity index is 1600. The minimum absolute atomic E-state index is 0.0612. The second kappa shape index (κ2) is 14.6. The average Bonchev–Trinajstić information content (AvgIpc) is 2.92. The van der Waals surface area contributed by atoms with E-state index < -0.39 is 48.4 Å². The zero-order chi connectivity index (χ0) is 30.8. The number of aromatic nitrogens is 3. The summed E-state index contributed by atoms with van der Waals surface area (Å²) in [5.74, 6) is -1.26. The molecule has 0 aliphatic heterocycles. The van der Waals surface area contributed by atoms with E-state index in [-0.39, 0.29) is 23.5 Å². The van der Waals surface area contributed by atoms with E-state index in [0.29, 0.717) is 15.8 Å². The molecule has 3 aromatic rings. The summed E-state index contributed by atoms with van der Waals surface area (Å²) in [5.41, 5.74) is 0. The number of nitrogens with zero attached hydrogens (tertiary/aromatic N) is 3. The molecule has 0 spiro atoms. The Hall–Kier alpha value is -3.93. The van der Waals surface area contributed by atoms with E-state index in [1.54, 1.807) is 10.8 Å². The first-order valence-electron chi connectivity index (χ1n) is 11.0. The standard InChI is InChI=1S/C14H17N5O7S2.C8H6Cl2O3/c1-4-27(21,22)9-6-5-7-15-12(9)28(23,24)19-14(20)18-13-16-10(25-2)8-11(17-13)26-3;9-5-1-2-7(6(10)3-5)13-4-8(11)12/h5-8H,4H2,1-3H3,(H2,16,17,18,19,20);1-3H,4H2,(H,11,12). The monoisotopic (exact) mass is 651 g/mol. The third-order valence-corrected chi connectivity index (χ3v) is 8.21. The molecular formula is C22H23Cl2N5O10S2. The molecule has 0 unspecified atom stereocenters. The molecule has 15 nitrogen and oxygen atoms in total. The van der Waals surface area contributed by atoms with E-state index in [0.717, 1.165) is 12.3 Å². The van der Waals surface area contributed by atoms with Gasteiger partial charge >= 0.3 is 12.0 Å². The molecule has 19 heteroatoms. The van der Waals surface area contributed by atoms with Crippen LogP contribution in [0.2, 0.25) is 10.0 Å². The van der Waals surface area contributed by atoms with Gasteiger partial charge in [0, 0.05) is 11.2 Å². The number of urea groups is 1. The molecule has 0 saturated carbocycles. The van der Waals surface area contributed by atoms with Gasteiger partial charge < -0.3 is 19.3 Å². The van der Waals surface area contributed by atoms with Crippen molar-refractivity contribution in [2.24, 2.45) is 0 Å². The predicted molar refractivity (Wildman–Crippen MR) is 146 cm³/mol. The fraction of sp³-hybridized carbons (Fsp3) is 0.227. The summed E-state index contributed by atoms with van der Waals surface area (Å²) >= 11 is 11.3. The van der Waals surface area contributed by atoms with E-state index >= 15 is 0 Å². The van der Waals surface area contributed by atoms with Crippen LogP contribution in [-0.4, -0.2) is 75.5 Å². The van der Waals surface area contributed by atoms with Crippen LogP contribution in [0.3, 0.4) is 0 Å². The van der Waals surface area contributed by atoms with E-state index in [1.165, 1.54) is 45.4 Å². The van der Waals surface area contributed by atoms with Crippen molar-refractivity contribution in [1.82, 2.24) is 19.7 Å². The van der Waals surface area contributed by atoms with Crippen LogP contribution in [0.25, 0.3) is 0 Å². The maximum atomic E-state index is 12.5. The van der Waals surface area contributed by atoms with Crippen LogP contribution in [-0.2, 0) is 24.7 Å². The Labute approximate surface area is 244 Å². The Kier molecular flexibility index (Phi) is 11.9. The van der Waals surface area contributed by atoms with E-state index in [2.05, 4.69) is 20.3 Å².